The van der Waals surface area contributed by atoms with Crippen LogP contribution in [0.4, 0.5) is 0 Å². The minimum Gasteiger partial charge on any atom is -0.460 e. The minimum absolute atomic E-state index is 0.0340. The normalized spacial score (nSPS) is 10.5. The van der Waals surface area contributed by atoms with E-state index in [-0.39, 0.29) is 5.82 Å². The zero-order valence-electron chi connectivity index (χ0n) is 9.60. The molecule has 2 aromatic rings. The molecule has 90 valence electrons. The molecular formula is C11H12N2O3S. The lowest BCUT2D eigenvalue weighted by atomic mass is 10.4. The minimum atomic E-state index is -0.560. The predicted molar refractivity (Wildman–Crippen MR) is 62.9 cm³/mol. The number of aromatic nitrogens is 2. The first-order chi connectivity index (χ1) is 8.24. The molecule has 0 saturated heterocycles. The van der Waals surface area contributed by atoms with E-state index in [1.165, 1.54) is 4.88 Å². The predicted octanol–water partition coefficient (Wildman–Crippen LogP) is 2.54. The maximum atomic E-state index is 11.3. The Hall–Kier alpha value is -1.69. The van der Waals surface area contributed by atoms with E-state index in [0.29, 0.717) is 12.5 Å². The Kier molecular flexibility index (Phi) is 3.53. The molecule has 0 fully saturated rings. The van der Waals surface area contributed by atoms with Gasteiger partial charge in [0.1, 0.15) is 0 Å². The van der Waals surface area contributed by atoms with Crippen LogP contribution in [0.5, 0.6) is 0 Å². The molecule has 17 heavy (non-hydrogen) atoms. The quantitative estimate of drug-likeness (QED) is 0.782. The summed E-state index contributed by atoms with van der Waals surface area (Å²) in [6.45, 7) is 4.10. The van der Waals surface area contributed by atoms with Gasteiger partial charge in [-0.15, -0.1) is 11.3 Å². The Morgan fingerprint density at radius 3 is 2.94 bits per heavy atom. The van der Waals surface area contributed by atoms with Gasteiger partial charge in [0.25, 0.3) is 11.7 Å². The number of aryl methyl sites for hydroxylation is 1. The second-order valence-electron chi connectivity index (χ2n) is 3.26. The van der Waals surface area contributed by atoms with Crippen LogP contribution in [0.25, 0.3) is 10.8 Å². The van der Waals surface area contributed by atoms with Crippen LogP contribution >= 0.6 is 11.3 Å². The van der Waals surface area contributed by atoms with Crippen molar-refractivity contribution in [2.24, 2.45) is 0 Å². The number of esters is 1. The third-order valence-electron chi connectivity index (χ3n) is 2.10. The molecule has 0 atom stereocenters. The summed E-state index contributed by atoms with van der Waals surface area (Å²) in [7, 11) is 0. The van der Waals surface area contributed by atoms with Crippen molar-refractivity contribution < 1.29 is 14.1 Å². The van der Waals surface area contributed by atoms with Crippen LogP contribution in [0.2, 0.25) is 0 Å². The van der Waals surface area contributed by atoms with Gasteiger partial charge in [0, 0.05) is 4.88 Å². The summed E-state index contributed by atoms with van der Waals surface area (Å²) in [6.07, 6.45) is 0.962. The molecule has 0 spiro atoms. The van der Waals surface area contributed by atoms with Crippen LogP contribution in [-0.4, -0.2) is 22.7 Å². The van der Waals surface area contributed by atoms with Crippen LogP contribution in [0.15, 0.2) is 16.7 Å². The monoisotopic (exact) mass is 252 g/mol. The van der Waals surface area contributed by atoms with Crippen molar-refractivity contribution in [3.8, 4) is 10.8 Å². The Morgan fingerprint density at radius 2 is 2.29 bits per heavy atom. The van der Waals surface area contributed by atoms with Gasteiger partial charge in [-0.1, -0.05) is 6.92 Å². The van der Waals surface area contributed by atoms with Crippen LogP contribution < -0.4 is 0 Å². The highest BCUT2D eigenvalue weighted by molar-refractivity contribution is 7.15. The molecule has 0 aliphatic heterocycles. The first kappa shape index (κ1) is 11.8. The van der Waals surface area contributed by atoms with Crippen molar-refractivity contribution >= 4 is 17.3 Å². The van der Waals surface area contributed by atoms with Crippen molar-refractivity contribution in [2.45, 2.75) is 20.3 Å². The smallest absolute Gasteiger partial charge is 0.379 e. The lowest BCUT2D eigenvalue weighted by molar-refractivity contribution is 0.0508. The van der Waals surface area contributed by atoms with Gasteiger partial charge < -0.3 is 9.26 Å². The van der Waals surface area contributed by atoms with E-state index < -0.39 is 5.97 Å². The van der Waals surface area contributed by atoms with Crippen LogP contribution in [0, 0.1) is 0 Å². The highest BCUT2D eigenvalue weighted by Gasteiger charge is 2.17. The van der Waals surface area contributed by atoms with E-state index >= 15 is 0 Å². The molecule has 2 rings (SSSR count). The number of rotatable bonds is 4. The number of hydrogen-bond donors (Lipinski definition) is 0. The lowest BCUT2D eigenvalue weighted by Crippen LogP contribution is -2.06. The first-order valence-corrected chi connectivity index (χ1v) is 6.16. The third kappa shape index (κ3) is 2.52. The fraction of sp³-hybridized carbons (Fsp3) is 0.364. The number of thiophene rings is 1. The molecule has 0 radical (unpaired) electrons. The molecule has 0 bridgehead atoms. The summed E-state index contributed by atoms with van der Waals surface area (Å²) in [6, 6.07) is 3.92. The summed E-state index contributed by atoms with van der Waals surface area (Å²) in [4.78, 5) is 17.4. The SMILES string of the molecule is CCOC(=O)c1noc(-c2ccc(CC)s2)n1. The summed E-state index contributed by atoms with van der Waals surface area (Å²) >= 11 is 1.58. The Morgan fingerprint density at radius 1 is 1.47 bits per heavy atom. The molecule has 2 aromatic heterocycles. The molecule has 0 amide bonds. The highest BCUT2D eigenvalue weighted by Crippen LogP contribution is 2.26. The second-order valence-corrected chi connectivity index (χ2v) is 4.43. The van der Waals surface area contributed by atoms with E-state index in [0.717, 1.165) is 11.3 Å². The van der Waals surface area contributed by atoms with Crippen LogP contribution in [0.1, 0.15) is 29.3 Å². The molecule has 0 aliphatic rings. The van der Waals surface area contributed by atoms with Gasteiger partial charge in [0.05, 0.1) is 11.5 Å². The van der Waals surface area contributed by atoms with Crippen LogP contribution in [-0.2, 0) is 11.2 Å². The fourth-order valence-corrected chi connectivity index (χ4v) is 2.15. The highest BCUT2D eigenvalue weighted by atomic mass is 32.1. The number of nitrogens with zero attached hydrogens (tertiary/aromatic N) is 2. The Bertz CT molecular complexity index is 518. The van der Waals surface area contributed by atoms with Crippen molar-refractivity contribution in [1.29, 1.82) is 0 Å². The molecular weight excluding hydrogens is 240 g/mol. The molecule has 0 aliphatic carbocycles. The summed E-state index contributed by atoms with van der Waals surface area (Å²) in [5.41, 5.74) is 0. The standard InChI is InChI=1S/C11H12N2O3S/c1-3-7-5-6-8(17-7)10-12-9(13-16-10)11(14)15-4-2/h5-6H,3-4H2,1-2H3. The van der Waals surface area contributed by atoms with Crippen molar-refractivity contribution in [2.75, 3.05) is 6.61 Å². The molecule has 0 N–H and O–H groups in total. The van der Waals surface area contributed by atoms with Crippen LogP contribution in [0.3, 0.4) is 0 Å². The molecule has 2 heterocycles. The number of carbonyl (C=O) groups is 1. The average Bonchev–Trinajstić information content (AvgIpc) is 2.98. The van der Waals surface area contributed by atoms with E-state index in [2.05, 4.69) is 17.1 Å². The van der Waals surface area contributed by atoms with Gasteiger partial charge in [-0.25, -0.2) is 4.79 Å². The average molecular weight is 252 g/mol. The lowest BCUT2D eigenvalue weighted by Gasteiger charge is -1.93. The van der Waals surface area contributed by atoms with Gasteiger partial charge in [-0.2, -0.15) is 4.98 Å². The first-order valence-electron chi connectivity index (χ1n) is 5.34. The van der Waals surface area contributed by atoms with Gasteiger partial charge in [0.15, 0.2) is 0 Å². The largest absolute Gasteiger partial charge is 0.460 e. The molecule has 5 nitrogen and oxygen atoms in total. The zero-order chi connectivity index (χ0) is 12.3. The number of hydrogen-bond acceptors (Lipinski definition) is 6. The van der Waals surface area contributed by atoms with Gasteiger partial charge in [0.2, 0.25) is 0 Å². The van der Waals surface area contributed by atoms with Crippen molar-refractivity contribution in [3.05, 3.63) is 22.8 Å². The summed E-state index contributed by atoms with van der Waals surface area (Å²) in [5, 5.41) is 3.59. The van der Waals surface area contributed by atoms with E-state index in [1.54, 1.807) is 18.3 Å². The van der Waals surface area contributed by atoms with Gasteiger partial charge >= 0.3 is 5.97 Å². The third-order valence-corrected chi connectivity index (χ3v) is 3.32. The maximum absolute atomic E-state index is 11.3. The molecule has 6 heteroatoms. The van der Waals surface area contributed by atoms with E-state index in [9.17, 15) is 4.79 Å². The summed E-state index contributed by atoms with van der Waals surface area (Å²) < 4.78 is 9.81. The van der Waals surface area contributed by atoms with Gasteiger partial charge in [-0.3, -0.25) is 0 Å². The van der Waals surface area contributed by atoms with Gasteiger partial charge in [-0.05, 0) is 30.6 Å². The maximum Gasteiger partial charge on any atom is 0.379 e. The fourth-order valence-electron chi connectivity index (χ4n) is 1.28. The van der Waals surface area contributed by atoms with Crippen molar-refractivity contribution in [3.63, 3.8) is 0 Å². The van der Waals surface area contributed by atoms with E-state index in [4.69, 9.17) is 9.26 Å². The summed E-state index contributed by atoms with van der Waals surface area (Å²) in [5.74, 6) is -0.235. The number of ether oxygens (including phenoxy) is 1. The number of carbonyl (C=O) groups excluding carboxylic acids is 1. The second kappa shape index (κ2) is 5.09. The zero-order valence-corrected chi connectivity index (χ0v) is 10.4. The molecule has 0 unspecified atom stereocenters. The topological polar surface area (TPSA) is 65.2 Å². The molecule has 0 aromatic carbocycles. The van der Waals surface area contributed by atoms with Crippen molar-refractivity contribution in [1.82, 2.24) is 10.1 Å². The molecule has 0 saturated carbocycles. The Balaban J connectivity index is 2.20. The Labute approximate surface area is 102 Å². The van der Waals surface area contributed by atoms with E-state index in [1.807, 2.05) is 12.1 Å².